The molecule has 0 spiro atoms. The summed E-state index contributed by atoms with van der Waals surface area (Å²) >= 11 is 0. The number of fused-ring (bicyclic) bond motifs is 1. The van der Waals surface area contributed by atoms with Crippen LogP contribution in [-0.2, 0) is 4.74 Å². The normalized spacial score (nSPS) is 10.4. The molecule has 4 heteroatoms. The van der Waals surface area contributed by atoms with Crippen molar-refractivity contribution in [1.82, 2.24) is 0 Å². The zero-order valence-corrected chi connectivity index (χ0v) is 8.94. The second-order valence-corrected chi connectivity index (χ2v) is 3.46. The van der Waals surface area contributed by atoms with Gasteiger partial charge in [0.2, 0.25) is 0 Å². The second-order valence-electron chi connectivity index (χ2n) is 3.46. The van der Waals surface area contributed by atoms with Gasteiger partial charge < -0.3 is 9.15 Å². The van der Waals surface area contributed by atoms with Gasteiger partial charge in [-0.3, -0.25) is 0 Å². The third-order valence-electron chi connectivity index (χ3n) is 2.33. The minimum absolute atomic E-state index is 0.363. The fraction of sp³-hybridized carbons (Fsp3) is 0.167. The summed E-state index contributed by atoms with van der Waals surface area (Å²) in [5.41, 5.74) is 1.04. The molecule has 16 heavy (non-hydrogen) atoms. The third-order valence-corrected chi connectivity index (χ3v) is 2.33. The van der Waals surface area contributed by atoms with Gasteiger partial charge in [-0.05, 0) is 31.2 Å². The van der Waals surface area contributed by atoms with E-state index in [2.05, 4.69) is 4.74 Å². The Labute approximate surface area is 91.4 Å². The predicted octanol–water partition coefficient (Wildman–Crippen LogP) is 1.89. The van der Waals surface area contributed by atoms with Crippen molar-refractivity contribution in [2.45, 2.75) is 6.92 Å². The Bertz CT molecular complexity index is 610. The molecule has 0 N–H and O–H groups in total. The van der Waals surface area contributed by atoms with E-state index in [4.69, 9.17) is 4.42 Å². The summed E-state index contributed by atoms with van der Waals surface area (Å²) in [4.78, 5) is 22.5. The molecule has 0 aliphatic heterocycles. The Morgan fingerprint density at radius 3 is 2.75 bits per heavy atom. The van der Waals surface area contributed by atoms with Crippen LogP contribution in [-0.4, -0.2) is 13.1 Å². The lowest BCUT2D eigenvalue weighted by molar-refractivity contribution is 0.0601. The second kappa shape index (κ2) is 3.81. The van der Waals surface area contributed by atoms with E-state index in [-0.39, 0.29) is 5.63 Å². The van der Waals surface area contributed by atoms with Crippen molar-refractivity contribution < 1.29 is 13.9 Å². The first-order chi connectivity index (χ1) is 7.61. The highest BCUT2D eigenvalue weighted by Gasteiger charge is 2.07. The summed E-state index contributed by atoms with van der Waals surface area (Å²) in [5.74, 6) is -0.411. The van der Waals surface area contributed by atoms with Gasteiger partial charge in [-0.1, -0.05) is 0 Å². The fourth-order valence-electron chi connectivity index (χ4n) is 1.47. The maximum absolute atomic E-state index is 11.3. The van der Waals surface area contributed by atoms with E-state index < -0.39 is 5.97 Å². The molecule has 0 fully saturated rings. The largest absolute Gasteiger partial charge is 0.465 e. The molecule has 0 aliphatic rings. The quantitative estimate of drug-likeness (QED) is 0.541. The number of hydrogen-bond donors (Lipinski definition) is 0. The lowest BCUT2D eigenvalue weighted by Crippen LogP contribution is -2.04. The number of rotatable bonds is 1. The van der Waals surface area contributed by atoms with E-state index in [0.717, 1.165) is 0 Å². The molecule has 0 saturated heterocycles. The van der Waals surface area contributed by atoms with Crippen LogP contribution < -0.4 is 5.63 Å². The molecule has 2 aromatic rings. The smallest absolute Gasteiger partial charge is 0.339 e. The number of benzene rings is 1. The van der Waals surface area contributed by atoms with Gasteiger partial charge in [-0.25, -0.2) is 9.59 Å². The van der Waals surface area contributed by atoms with Crippen LogP contribution in [0.1, 0.15) is 15.9 Å². The van der Waals surface area contributed by atoms with E-state index in [1.165, 1.54) is 7.11 Å². The van der Waals surface area contributed by atoms with E-state index in [1.807, 2.05) is 0 Å². The van der Waals surface area contributed by atoms with Gasteiger partial charge in [0, 0.05) is 10.9 Å². The fourth-order valence-corrected chi connectivity index (χ4v) is 1.47. The molecular formula is C12H10O4. The molecule has 0 unspecified atom stereocenters. The number of carbonyl (C=O) groups is 1. The molecule has 0 radical (unpaired) electrons. The summed E-state index contributed by atoms with van der Waals surface area (Å²) in [6, 6.07) is 6.47. The molecule has 4 nitrogen and oxygen atoms in total. The van der Waals surface area contributed by atoms with Crippen LogP contribution >= 0.6 is 0 Å². The van der Waals surface area contributed by atoms with Crippen molar-refractivity contribution >= 4 is 16.9 Å². The van der Waals surface area contributed by atoms with Crippen LogP contribution in [0.5, 0.6) is 0 Å². The maximum atomic E-state index is 11.3. The molecule has 1 aromatic carbocycles. The number of ether oxygens (including phenoxy) is 1. The van der Waals surface area contributed by atoms with Crippen molar-refractivity contribution in [2.75, 3.05) is 7.11 Å². The third kappa shape index (κ3) is 1.69. The standard InChI is InChI=1S/C12H10O4/c1-7-5-9-6-8(12(14)15-2)3-4-10(9)16-11(7)13/h3-6H,1-2H3. The first-order valence-corrected chi connectivity index (χ1v) is 4.74. The van der Waals surface area contributed by atoms with Crippen molar-refractivity contribution in [3.63, 3.8) is 0 Å². The number of aryl methyl sites for hydroxylation is 1. The lowest BCUT2D eigenvalue weighted by atomic mass is 10.1. The van der Waals surface area contributed by atoms with Gasteiger partial charge in [0.05, 0.1) is 12.7 Å². The Hall–Kier alpha value is -2.10. The summed E-state index contributed by atoms with van der Waals surface area (Å²) < 4.78 is 9.66. The Morgan fingerprint density at radius 2 is 2.06 bits per heavy atom. The first kappa shape index (κ1) is 10.4. The highest BCUT2D eigenvalue weighted by Crippen LogP contribution is 2.15. The summed E-state index contributed by atoms with van der Waals surface area (Å²) in [6.45, 7) is 1.66. The van der Waals surface area contributed by atoms with E-state index in [0.29, 0.717) is 22.1 Å². The van der Waals surface area contributed by atoms with Crippen LogP contribution in [0.15, 0.2) is 33.5 Å². The molecule has 0 aliphatic carbocycles. The highest BCUT2D eigenvalue weighted by molar-refractivity contribution is 5.93. The Balaban J connectivity index is 2.67. The molecule has 0 bridgehead atoms. The Morgan fingerprint density at radius 1 is 1.31 bits per heavy atom. The van der Waals surface area contributed by atoms with Gasteiger partial charge in [-0.15, -0.1) is 0 Å². The van der Waals surface area contributed by atoms with Crippen LogP contribution in [0.2, 0.25) is 0 Å². The molecule has 2 rings (SSSR count). The van der Waals surface area contributed by atoms with Crippen molar-refractivity contribution in [3.05, 3.63) is 45.8 Å². The molecule has 82 valence electrons. The summed E-state index contributed by atoms with van der Waals surface area (Å²) in [7, 11) is 1.32. The Kier molecular flexibility index (Phi) is 2.48. The number of methoxy groups -OCH3 is 1. The number of esters is 1. The number of hydrogen-bond acceptors (Lipinski definition) is 4. The van der Waals surface area contributed by atoms with E-state index >= 15 is 0 Å². The minimum Gasteiger partial charge on any atom is -0.465 e. The van der Waals surface area contributed by atoms with E-state index in [9.17, 15) is 9.59 Å². The first-order valence-electron chi connectivity index (χ1n) is 4.74. The molecule has 1 heterocycles. The van der Waals surface area contributed by atoms with Crippen molar-refractivity contribution in [2.24, 2.45) is 0 Å². The van der Waals surface area contributed by atoms with Gasteiger partial charge in [0.25, 0.3) is 0 Å². The molecular weight excluding hydrogens is 208 g/mol. The molecule has 0 atom stereocenters. The minimum atomic E-state index is -0.411. The average Bonchev–Trinajstić information content (AvgIpc) is 2.29. The molecule has 1 aromatic heterocycles. The van der Waals surface area contributed by atoms with Crippen LogP contribution in [0.25, 0.3) is 11.0 Å². The van der Waals surface area contributed by atoms with Crippen LogP contribution in [0.3, 0.4) is 0 Å². The zero-order valence-electron chi connectivity index (χ0n) is 8.94. The van der Waals surface area contributed by atoms with Crippen LogP contribution in [0, 0.1) is 6.92 Å². The predicted molar refractivity (Wildman–Crippen MR) is 58.6 cm³/mol. The van der Waals surface area contributed by atoms with Gasteiger partial charge >= 0.3 is 11.6 Å². The van der Waals surface area contributed by atoms with Crippen LogP contribution in [0.4, 0.5) is 0 Å². The van der Waals surface area contributed by atoms with E-state index in [1.54, 1.807) is 31.2 Å². The highest BCUT2D eigenvalue weighted by atomic mass is 16.5. The summed E-state index contributed by atoms with van der Waals surface area (Å²) in [5, 5.41) is 0.708. The lowest BCUT2D eigenvalue weighted by Gasteiger charge is -2.01. The van der Waals surface area contributed by atoms with Crippen molar-refractivity contribution in [3.8, 4) is 0 Å². The zero-order chi connectivity index (χ0) is 11.7. The van der Waals surface area contributed by atoms with Gasteiger partial charge in [-0.2, -0.15) is 0 Å². The molecule has 0 amide bonds. The van der Waals surface area contributed by atoms with Gasteiger partial charge in [0.15, 0.2) is 0 Å². The average molecular weight is 218 g/mol. The summed E-state index contributed by atoms with van der Waals surface area (Å²) in [6.07, 6.45) is 0. The van der Waals surface area contributed by atoms with Gasteiger partial charge in [0.1, 0.15) is 5.58 Å². The number of carbonyl (C=O) groups excluding carboxylic acids is 1. The maximum Gasteiger partial charge on any atom is 0.339 e. The monoisotopic (exact) mass is 218 g/mol. The van der Waals surface area contributed by atoms with Crippen molar-refractivity contribution in [1.29, 1.82) is 0 Å². The SMILES string of the molecule is COC(=O)c1ccc2oc(=O)c(C)cc2c1. The molecule has 0 saturated carbocycles. The topological polar surface area (TPSA) is 56.5 Å².